The van der Waals surface area contributed by atoms with Gasteiger partial charge in [0.15, 0.2) is 0 Å². The molecule has 0 bridgehead atoms. The van der Waals surface area contributed by atoms with Crippen molar-refractivity contribution in [2.75, 3.05) is 12.4 Å². The van der Waals surface area contributed by atoms with Crippen molar-refractivity contribution in [1.82, 2.24) is 0 Å². The third-order valence-corrected chi connectivity index (χ3v) is 4.45. The predicted molar refractivity (Wildman–Crippen MR) is 87.9 cm³/mol. The summed E-state index contributed by atoms with van der Waals surface area (Å²) in [5, 5.41) is 3.28. The summed E-state index contributed by atoms with van der Waals surface area (Å²) in [4.78, 5) is 25.0. The van der Waals surface area contributed by atoms with Crippen LogP contribution in [0.2, 0.25) is 0 Å². The van der Waals surface area contributed by atoms with E-state index in [1.807, 2.05) is 13.8 Å². The number of hydrogen-bond donors (Lipinski definition) is 2. The number of ether oxygens (including phenoxy) is 1. The van der Waals surface area contributed by atoms with Crippen LogP contribution in [0.25, 0.3) is 0 Å². The second kappa shape index (κ2) is 6.62. The zero-order valence-electron chi connectivity index (χ0n) is 12.7. The molecule has 116 valence electrons. The maximum atomic E-state index is 12.3. The van der Waals surface area contributed by atoms with Crippen LogP contribution in [0.4, 0.5) is 5.00 Å². The van der Waals surface area contributed by atoms with Crippen LogP contribution in [-0.4, -0.2) is 18.9 Å². The third kappa shape index (κ3) is 3.12. The minimum Gasteiger partial charge on any atom is -0.497 e. The zero-order chi connectivity index (χ0) is 16.3. The van der Waals surface area contributed by atoms with Crippen LogP contribution in [0, 0.1) is 6.92 Å². The van der Waals surface area contributed by atoms with Crippen molar-refractivity contribution in [3.63, 3.8) is 0 Å². The van der Waals surface area contributed by atoms with Gasteiger partial charge in [-0.3, -0.25) is 9.59 Å². The first kappa shape index (κ1) is 16.0. The van der Waals surface area contributed by atoms with E-state index < -0.39 is 5.91 Å². The molecule has 3 N–H and O–H groups in total. The number of thiophene rings is 1. The molecular formula is C16H18N2O3S. The number of nitrogens with one attached hydrogen (secondary N) is 1. The number of rotatable bonds is 5. The highest BCUT2D eigenvalue weighted by molar-refractivity contribution is 7.16. The Bertz CT molecular complexity index is 705. The molecule has 0 spiro atoms. The second-order valence-electron chi connectivity index (χ2n) is 4.74. The Morgan fingerprint density at radius 3 is 2.41 bits per heavy atom. The van der Waals surface area contributed by atoms with E-state index in [-0.39, 0.29) is 5.91 Å². The molecule has 0 saturated heterocycles. The predicted octanol–water partition coefficient (Wildman–Crippen LogP) is 2.98. The quantitative estimate of drug-likeness (QED) is 0.889. The molecule has 0 fully saturated rings. The van der Waals surface area contributed by atoms with E-state index in [1.165, 1.54) is 11.3 Å². The fraction of sp³-hybridized carbons (Fsp3) is 0.250. The number of aryl methyl sites for hydroxylation is 1. The molecule has 2 aromatic rings. The Morgan fingerprint density at radius 2 is 1.91 bits per heavy atom. The van der Waals surface area contributed by atoms with Gasteiger partial charge >= 0.3 is 0 Å². The SMILES string of the molecule is CCc1c(C)sc(NC(=O)c2ccc(OC)cc2)c1C(N)=O. The molecule has 0 saturated carbocycles. The van der Waals surface area contributed by atoms with Gasteiger partial charge < -0.3 is 15.8 Å². The average molecular weight is 318 g/mol. The lowest BCUT2D eigenvalue weighted by Crippen LogP contribution is -2.17. The Kier molecular flexibility index (Phi) is 4.82. The van der Waals surface area contributed by atoms with Crippen molar-refractivity contribution in [1.29, 1.82) is 0 Å². The number of anilines is 1. The molecule has 0 atom stereocenters. The minimum absolute atomic E-state index is 0.283. The topological polar surface area (TPSA) is 81.4 Å². The van der Waals surface area contributed by atoms with Crippen molar-refractivity contribution in [2.24, 2.45) is 5.73 Å². The van der Waals surface area contributed by atoms with E-state index in [4.69, 9.17) is 10.5 Å². The van der Waals surface area contributed by atoms with Gasteiger partial charge in [0.25, 0.3) is 11.8 Å². The number of nitrogens with two attached hydrogens (primary N) is 1. The van der Waals surface area contributed by atoms with E-state index in [2.05, 4.69) is 5.32 Å². The largest absolute Gasteiger partial charge is 0.497 e. The van der Waals surface area contributed by atoms with Gasteiger partial charge in [0.1, 0.15) is 10.8 Å². The zero-order valence-corrected chi connectivity index (χ0v) is 13.5. The summed E-state index contributed by atoms with van der Waals surface area (Å²) in [5.74, 6) is -0.130. The highest BCUT2D eigenvalue weighted by Crippen LogP contribution is 2.33. The summed E-state index contributed by atoms with van der Waals surface area (Å²) >= 11 is 1.37. The van der Waals surface area contributed by atoms with Gasteiger partial charge in [0.05, 0.1) is 12.7 Å². The van der Waals surface area contributed by atoms with Crippen LogP contribution >= 0.6 is 11.3 Å². The van der Waals surface area contributed by atoms with Crippen LogP contribution in [0.15, 0.2) is 24.3 Å². The Balaban J connectivity index is 2.29. The molecule has 0 aliphatic carbocycles. The summed E-state index contributed by atoms with van der Waals surface area (Å²) in [6.07, 6.45) is 0.693. The van der Waals surface area contributed by atoms with Crippen LogP contribution in [-0.2, 0) is 6.42 Å². The molecule has 0 aliphatic heterocycles. The number of benzene rings is 1. The van der Waals surface area contributed by atoms with Crippen LogP contribution in [0.5, 0.6) is 5.75 Å². The molecule has 22 heavy (non-hydrogen) atoms. The molecular weight excluding hydrogens is 300 g/mol. The summed E-state index contributed by atoms with van der Waals surface area (Å²) in [6, 6.07) is 6.75. The van der Waals surface area contributed by atoms with Crippen molar-refractivity contribution < 1.29 is 14.3 Å². The standard InChI is InChI=1S/C16H18N2O3S/c1-4-12-9(2)22-16(13(12)14(17)19)18-15(20)10-5-7-11(21-3)8-6-10/h5-8H,4H2,1-3H3,(H2,17,19)(H,18,20). The van der Waals surface area contributed by atoms with Gasteiger partial charge in [-0.25, -0.2) is 0 Å². The Hall–Kier alpha value is -2.34. The normalized spacial score (nSPS) is 10.3. The number of hydrogen-bond acceptors (Lipinski definition) is 4. The highest BCUT2D eigenvalue weighted by atomic mass is 32.1. The number of primary amides is 1. The number of carbonyl (C=O) groups is 2. The fourth-order valence-corrected chi connectivity index (χ4v) is 3.42. The molecule has 0 aliphatic rings. The number of methoxy groups -OCH3 is 1. The lowest BCUT2D eigenvalue weighted by Gasteiger charge is -2.06. The summed E-state index contributed by atoms with van der Waals surface area (Å²) in [7, 11) is 1.56. The fourth-order valence-electron chi connectivity index (χ4n) is 2.27. The molecule has 6 heteroatoms. The molecule has 2 rings (SSSR count). The van der Waals surface area contributed by atoms with Crippen LogP contribution < -0.4 is 15.8 Å². The van der Waals surface area contributed by atoms with Crippen molar-refractivity contribution in [3.05, 3.63) is 45.8 Å². The maximum absolute atomic E-state index is 12.3. The summed E-state index contributed by atoms with van der Waals surface area (Å²) in [5.41, 5.74) is 7.24. The molecule has 0 radical (unpaired) electrons. The summed E-state index contributed by atoms with van der Waals surface area (Å²) < 4.78 is 5.06. The van der Waals surface area contributed by atoms with Crippen LogP contribution in [0.3, 0.4) is 0 Å². The lowest BCUT2D eigenvalue weighted by atomic mass is 10.1. The van der Waals surface area contributed by atoms with Crippen molar-refractivity contribution in [2.45, 2.75) is 20.3 Å². The number of carbonyl (C=O) groups excluding carboxylic acids is 2. The molecule has 1 heterocycles. The molecule has 2 amide bonds. The van der Waals surface area contributed by atoms with E-state index in [0.717, 1.165) is 10.4 Å². The number of amides is 2. The maximum Gasteiger partial charge on any atom is 0.256 e. The summed E-state index contributed by atoms with van der Waals surface area (Å²) in [6.45, 7) is 3.87. The van der Waals surface area contributed by atoms with Gasteiger partial charge in [0.2, 0.25) is 0 Å². The minimum atomic E-state index is -0.522. The van der Waals surface area contributed by atoms with E-state index in [0.29, 0.717) is 28.3 Å². The van der Waals surface area contributed by atoms with Gasteiger partial charge in [-0.15, -0.1) is 11.3 Å². The molecule has 5 nitrogen and oxygen atoms in total. The first-order valence-corrected chi connectivity index (χ1v) is 7.67. The monoisotopic (exact) mass is 318 g/mol. The molecule has 1 aromatic heterocycles. The van der Waals surface area contributed by atoms with Gasteiger partial charge in [-0.1, -0.05) is 6.92 Å². The van der Waals surface area contributed by atoms with Gasteiger partial charge in [-0.2, -0.15) is 0 Å². The lowest BCUT2D eigenvalue weighted by molar-refractivity contribution is 0.100. The third-order valence-electron chi connectivity index (χ3n) is 3.39. The first-order chi connectivity index (χ1) is 10.5. The van der Waals surface area contributed by atoms with Crippen molar-refractivity contribution in [3.8, 4) is 5.75 Å². The van der Waals surface area contributed by atoms with Gasteiger partial charge in [0, 0.05) is 10.4 Å². The van der Waals surface area contributed by atoms with E-state index in [9.17, 15) is 9.59 Å². The Morgan fingerprint density at radius 1 is 1.27 bits per heavy atom. The average Bonchev–Trinajstić information content (AvgIpc) is 2.82. The Labute approximate surface area is 133 Å². The van der Waals surface area contributed by atoms with Gasteiger partial charge in [-0.05, 0) is 43.2 Å². The van der Waals surface area contributed by atoms with E-state index in [1.54, 1.807) is 31.4 Å². The highest BCUT2D eigenvalue weighted by Gasteiger charge is 2.20. The smallest absolute Gasteiger partial charge is 0.256 e. The van der Waals surface area contributed by atoms with Crippen molar-refractivity contribution >= 4 is 28.2 Å². The molecule has 1 aromatic carbocycles. The van der Waals surface area contributed by atoms with Crippen LogP contribution in [0.1, 0.15) is 38.1 Å². The second-order valence-corrected chi connectivity index (χ2v) is 5.97. The van der Waals surface area contributed by atoms with E-state index >= 15 is 0 Å². The molecule has 0 unspecified atom stereocenters. The first-order valence-electron chi connectivity index (χ1n) is 6.85.